The van der Waals surface area contributed by atoms with Crippen LogP contribution in [0.1, 0.15) is 61.8 Å². The van der Waals surface area contributed by atoms with E-state index >= 15 is 0 Å². The molecule has 182 valence electrons. The molecule has 0 aliphatic heterocycles. The summed E-state index contributed by atoms with van der Waals surface area (Å²) in [4.78, 5) is 13.0. The normalized spacial score (nSPS) is 17.6. The summed E-state index contributed by atoms with van der Waals surface area (Å²) in [6.07, 6.45) is 5.66. The van der Waals surface area contributed by atoms with Crippen molar-refractivity contribution in [3.63, 3.8) is 0 Å². The zero-order valence-corrected chi connectivity index (χ0v) is 20.4. The minimum absolute atomic E-state index is 0.183. The van der Waals surface area contributed by atoms with Crippen LogP contribution in [0.25, 0.3) is 22.5 Å². The molecule has 5 rings (SSSR count). The first kappa shape index (κ1) is 23.7. The molecule has 7 heteroatoms. The maximum Gasteiger partial charge on any atom is 0.219 e. The third-order valence-corrected chi connectivity index (χ3v) is 7.03. The number of benzene rings is 2. The minimum Gasteiger partial charge on any atom is -0.425 e. The first-order valence-corrected chi connectivity index (χ1v) is 12.5. The van der Waals surface area contributed by atoms with Crippen molar-refractivity contribution >= 4 is 5.78 Å². The smallest absolute Gasteiger partial charge is 0.219 e. The van der Waals surface area contributed by atoms with Crippen LogP contribution in [-0.2, 0) is 11.3 Å². The molecule has 0 bridgehead atoms. The lowest BCUT2D eigenvalue weighted by atomic mass is 9.79. The third-order valence-electron chi connectivity index (χ3n) is 7.03. The molecule has 7 nitrogen and oxygen atoms in total. The molecule has 0 spiro atoms. The van der Waals surface area contributed by atoms with Gasteiger partial charge in [0.15, 0.2) is 5.78 Å². The van der Waals surface area contributed by atoms with Crippen molar-refractivity contribution in [1.82, 2.24) is 20.0 Å². The number of carbonyl (C=O) groups excluding carboxylic acids is 1. The van der Waals surface area contributed by atoms with Crippen LogP contribution in [0.15, 0.2) is 65.1 Å². The SMILES string of the molecule is Cc1nnc(C2CCC(CCC(=O)Cn3nc(-c4cccc(C#N)c4)cc3-c3ccccc3)CC2)o1. The summed E-state index contributed by atoms with van der Waals surface area (Å²) < 4.78 is 7.42. The fourth-order valence-corrected chi connectivity index (χ4v) is 5.05. The highest BCUT2D eigenvalue weighted by atomic mass is 16.4. The molecule has 4 aromatic rings. The van der Waals surface area contributed by atoms with Crippen molar-refractivity contribution in [2.24, 2.45) is 5.92 Å². The summed E-state index contributed by atoms with van der Waals surface area (Å²) >= 11 is 0. The zero-order chi connectivity index (χ0) is 24.9. The summed E-state index contributed by atoms with van der Waals surface area (Å²) in [7, 11) is 0. The summed E-state index contributed by atoms with van der Waals surface area (Å²) in [6, 6.07) is 21.6. The molecule has 1 aliphatic rings. The van der Waals surface area contributed by atoms with Crippen LogP contribution in [0, 0.1) is 24.2 Å². The predicted molar refractivity (Wildman–Crippen MR) is 136 cm³/mol. The van der Waals surface area contributed by atoms with E-state index in [2.05, 4.69) is 16.3 Å². The molecule has 1 fully saturated rings. The number of hydrogen-bond acceptors (Lipinski definition) is 6. The van der Waals surface area contributed by atoms with Gasteiger partial charge in [0.05, 0.1) is 23.0 Å². The Balaban J connectivity index is 1.24. The maximum atomic E-state index is 13.0. The second-order valence-corrected chi connectivity index (χ2v) is 9.59. The summed E-state index contributed by atoms with van der Waals surface area (Å²) in [5.74, 6) is 2.44. The zero-order valence-electron chi connectivity index (χ0n) is 20.4. The van der Waals surface area contributed by atoms with Gasteiger partial charge in [0.1, 0.15) is 6.54 Å². The molecule has 0 radical (unpaired) electrons. The molecule has 36 heavy (non-hydrogen) atoms. The van der Waals surface area contributed by atoms with Crippen molar-refractivity contribution in [2.75, 3.05) is 0 Å². The van der Waals surface area contributed by atoms with Crippen LogP contribution < -0.4 is 0 Å². The highest BCUT2D eigenvalue weighted by Gasteiger charge is 2.26. The Morgan fingerprint density at radius 1 is 1.03 bits per heavy atom. The molecular formula is C29H29N5O2. The Bertz CT molecular complexity index is 1370. The van der Waals surface area contributed by atoms with Crippen molar-refractivity contribution in [1.29, 1.82) is 5.26 Å². The Labute approximate surface area is 210 Å². The molecule has 1 aliphatic carbocycles. The van der Waals surface area contributed by atoms with Gasteiger partial charge in [-0.3, -0.25) is 9.48 Å². The Morgan fingerprint density at radius 3 is 2.53 bits per heavy atom. The van der Waals surface area contributed by atoms with Crippen molar-refractivity contribution in [2.45, 2.75) is 57.9 Å². The number of aryl methyl sites for hydroxylation is 1. The van der Waals surface area contributed by atoms with Crippen LogP contribution in [-0.4, -0.2) is 25.8 Å². The average molecular weight is 480 g/mol. The molecule has 0 saturated heterocycles. The molecule has 2 heterocycles. The van der Waals surface area contributed by atoms with E-state index in [1.165, 1.54) is 0 Å². The highest BCUT2D eigenvalue weighted by molar-refractivity contribution is 5.79. The van der Waals surface area contributed by atoms with E-state index in [-0.39, 0.29) is 12.3 Å². The highest BCUT2D eigenvalue weighted by Crippen LogP contribution is 2.37. The van der Waals surface area contributed by atoms with Gasteiger partial charge in [-0.05, 0) is 61.8 Å². The fourth-order valence-electron chi connectivity index (χ4n) is 5.05. The Kier molecular flexibility index (Phi) is 7.03. The van der Waals surface area contributed by atoms with Gasteiger partial charge < -0.3 is 4.42 Å². The van der Waals surface area contributed by atoms with Gasteiger partial charge in [0.25, 0.3) is 0 Å². The molecule has 2 aromatic heterocycles. The molecule has 0 atom stereocenters. The lowest BCUT2D eigenvalue weighted by molar-refractivity contribution is -0.120. The van der Waals surface area contributed by atoms with Crippen molar-refractivity contribution < 1.29 is 9.21 Å². The summed E-state index contributed by atoms with van der Waals surface area (Å²) in [5, 5.41) is 22.2. The van der Waals surface area contributed by atoms with Crippen LogP contribution in [0.3, 0.4) is 0 Å². The predicted octanol–water partition coefficient (Wildman–Crippen LogP) is 6.10. The van der Waals surface area contributed by atoms with E-state index in [4.69, 9.17) is 9.52 Å². The lowest BCUT2D eigenvalue weighted by Crippen LogP contribution is -2.17. The van der Waals surface area contributed by atoms with E-state index in [9.17, 15) is 10.1 Å². The standard InChI is InChI=1S/C29H29N5O2/c1-20-31-32-29(36-20)24-13-10-21(11-14-24)12-15-26(35)19-34-28(23-7-3-2-4-8-23)17-27(33-34)25-9-5-6-22(16-25)18-30/h2-9,16-17,21,24H,10-15,19H2,1H3. The number of ketones is 1. The number of Topliss-reactive ketones (excluding diaryl/α,β-unsaturated/α-hetero) is 1. The molecular weight excluding hydrogens is 450 g/mol. The Morgan fingerprint density at radius 2 is 1.81 bits per heavy atom. The van der Waals surface area contributed by atoms with Crippen molar-refractivity contribution in [3.8, 4) is 28.6 Å². The van der Waals surface area contributed by atoms with Gasteiger partial charge in [-0.15, -0.1) is 10.2 Å². The third kappa shape index (κ3) is 5.44. The lowest BCUT2D eigenvalue weighted by Gasteiger charge is -2.26. The number of carbonyl (C=O) groups is 1. The van der Waals surface area contributed by atoms with Crippen LogP contribution in [0.2, 0.25) is 0 Å². The van der Waals surface area contributed by atoms with Gasteiger partial charge in [0, 0.05) is 24.8 Å². The molecule has 0 unspecified atom stereocenters. The van der Waals surface area contributed by atoms with Gasteiger partial charge in [-0.2, -0.15) is 10.4 Å². The van der Waals surface area contributed by atoms with Gasteiger partial charge >= 0.3 is 0 Å². The maximum absolute atomic E-state index is 13.0. The van der Waals surface area contributed by atoms with Crippen LogP contribution in [0.4, 0.5) is 0 Å². The number of aromatic nitrogens is 4. The van der Waals surface area contributed by atoms with Crippen LogP contribution in [0.5, 0.6) is 0 Å². The largest absolute Gasteiger partial charge is 0.425 e. The molecule has 0 N–H and O–H groups in total. The first-order chi connectivity index (χ1) is 17.6. The molecule has 1 saturated carbocycles. The molecule has 0 amide bonds. The quantitative estimate of drug-likeness (QED) is 0.303. The number of nitrogens with zero attached hydrogens (tertiary/aromatic N) is 5. The second kappa shape index (κ2) is 10.7. The monoisotopic (exact) mass is 479 g/mol. The van der Waals surface area contributed by atoms with Gasteiger partial charge in [-0.1, -0.05) is 42.5 Å². The number of hydrogen-bond donors (Lipinski definition) is 0. The number of nitriles is 1. The topological polar surface area (TPSA) is 97.6 Å². The van der Waals surface area contributed by atoms with Crippen LogP contribution >= 0.6 is 0 Å². The van der Waals surface area contributed by atoms with Crippen molar-refractivity contribution in [3.05, 3.63) is 78.0 Å². The summed E-state index contributed by atoms with van der Waals surface area (Å²) in [6.45, 7) is 2.06. The second-order valence-electron chi connectivity index (χ2n) is 9.59. The van der Waals surface area contributed by atoms with E-state index in [1.54, 1.807) is 10.7 Å². The first-order valence-electron chi connectivity index (χ1n) is 12.5. The summed E-state index contributed by atoms with van der Waals surface area (Å²) in [5.41, 5.74) is 4.12. The average Bonchev–Trinajstić information content (AvgIpc) is 3.55. The Hall–Kier alpha value is -4.05. The van der Waals surface area contributed by atoms with E-state index in [0.717, 1.165) is 60.5 Å². The van der Waals surface area contributed by atoms with E-state index in [0.29, 0.717) is 29.7 Å². The molecule has 2 aromatic carbocycles. The minimum atomic E-state index is 0.183. The fraction of sp³-hybridized carbons (Fsp3) is 0.345. The number of rotatable bonds is 8. The van der Waals surface area contributed by atoms with E-state index in [1.807, 2.05) is 61.5 Å². The van der Waals surface area contributed by atoms with E-state index < -0.39 is 0 Å². The van der Waals surface area contributed by atoms with Gasteiger partial charge in [0.2, 0.25) is 11.8 Å². The van der Waals surface area contributed by atoms with Gasteiger partial charge in [-0.25, -0.2) is 0 Å².